The number of hydrazone groups is 1. The summed E-state index contributed by atoms with van der Waals surface area (Å²) < 4.78 is 5.60. The van der Waals surface area contributed by atoms with Gasteiger partial charge in [-0.25, -0.2) is 5.43 Å². The Morgan fingerprint density at radius 3 is 2.84 bits per heavy atom. The number of hydrogen-bond acceptors (Lipinski definition) is 6. The highest BCUT2D eigenvalue weighted by atomic mass is 79.9. The van der Waals surface area contributed by atoms with E-state index in [1.165, 1.54) is 42.6 Å². The summed E-state index contributed by atoms with van der Waals surface area (Å²) in [5.41, 5.74) is 2.46. The zero-order valence-electron chi connectivity index (χ0n) is 12.5. The van der Waals surface area contributed by atoms with Gasteiger partial charge in [-0.2, -0.15) is 5.10 Å². The summed E-state index contributed by atoms with van der Waals surface area (Å²) in [6, 6.07) is 8.31. The molecule has 130 valence electrons. The molecule has 0 aliphatic rings. The van der Waals surface area contributed by atoms with Crippen molar-refractivity contribution in [3.8, 4) is 11.5 Å². The van der Waals surface area contributed by atoms with Gasteiger partial charge in [0.15, 0.2) is 6.61 Å². The van der Waals surface area contributed by atoms with E-state index in [1.807, 2.05) is 0 Å². The lowest BCUT2D eigenvalue weighted by Gasteiger charge is -2.07. The SMILES string of the molecule is O=C(COc1ccc([N+](=O)[O-])cc1Br)N/N=C/c1cc(Cl)ccc1O. The Hall–Kier alpha value is -2.65. The topological polar surface area (TPSA) is 114 Å². The van der Waals surface area contributed by atoms with Crippen LogP contribution >= 0.6 is 27.5 Å². The van der Waals surface area contributed by atoms with Crippen LogP contribution in [-0.4, -0.2) is 28.8 Å². The molecular formula is C15H11BrClN3O5. The second-order valence-electron chi connectivity index (χ2n) is 4.66. The molecule has 0 spiro atoms. The van der Waals surface area contributed by atoms with Crippen LogP contribution in [0.4, 0.5) is 5.69 Å². The quantitative estimate of drug-likeness (QED) is 0.416. The molecule has 2 aromatic carbocycles. The minimum atomic E-state index is -0.553. The first-order chi connectivity index (χ1) is 11.9. The first-order valence-corrected chi connectivity index (χ1v) is 7.91. The van der Waals surface area contributed by atoms with Crippen LogP contribution in [0.1, 0.15) is 5.56 Å². The number of carbonyl (C=O) groups is 1. The van der Waals surface area contributed by atoms with Gasteiger partial charge in [-0.15, -0.1) is 0 Å². The lowest BCUT2D eigenvalue weighted by Crippen LogP contribution is -2.24. The number of phenolic OH excluding ortho intramolecular Hbond substituents is 1. The predicted molar refractivity (Wildman–Crippen MR) is 95.1 cm³/mol. The molecule has 8 nitrogen and oxygen atoms in total. The number of carbonyl (C=O) groups excluding carboxylic acids is 1. The van der Waals surface area contributed by atoms with Crippen molar-refractivity contribution in [1.29, 1.82) is 0 Å². The second-order valence-corrected chi connectivity index (χ2v) is 5.95. The molecule has 2 N–H and O–H groups in total. The smallest absolute Gasteiger partial charge is 0.277 e. The summed E-state index contributed by atoms with van der Waals surface area (Å²) >= 11 is 8.93. The highest BCUT2D eigenvalue weighted by molar-refractivity contribution is 9.10. The molecule has 10 heteroatoms. The van der Waals surface area contributed by atoms with Gasteiger partial charge in [0, 0.05) is 22.7 Å². The minimum Gasteiger partial charge on any atom is -0.507 e. The van der Waals surface area contributed by atoms with Crippen LogP contribution in [0.25, 0.3) is 0 Å². The van der Waals surface area contributed by atoms with Crippen molar-refractivity contribution >= 4 is 45.3 Å². The fourth-order valence-electron chi connectivity index (χ4n) is 1.70. The summed E-state index contributed by atoms with van der Waals surface area (Å²) in [5.74, 6) is -0.311. The molecule has 0 aliphatic heterocycles. The fourth-order valence-corrected chi connectivity index (χ4v) is 2.36. The van der Waals surface area contributed by atoms with E-state index in [9.17, 15) is 20.0 Å². The number of nitro groups is 1. The molecule has 0 fully saturated rings. The maximum absolute atomic E-state index is 11.7. The molecule has 2 aromatic rings. The summed E-state index contributed by atoms with van der Waals surface area (Å²) in [6.45, 7) is -0.352. The van der Waals surface area contributed by atoms with Gasteiger partial charge >= 0.3 is 0 Å². The molecule has 2 rings (SSSR count). The molecule has 0 unspecified atom stereocenters. The maximum Gasteiger partial charge on any atom is 0.277 e. The molecule has 0 bridgehead atoms. The van der Waals surface area contributed by atoms with E-state index in [0.717, 1.165) is 0 Å². The van der Waals surface area contributed by atoms with Crippen molar-refractivity contribution in [2.75, 3.05) is 6.61 Å². The van der Waals surface area contributed by atoms with E-state index in [0.29, 0.717) is 15.1 Å². The first-order valence-electron chi connectivity index (χ1n) is 6.74. The number of phenols is 1. The molecule has 0 atom stereocenters. The third-order valence-electron chi connectivity index (χ3n) is 2.87. The van der Waals surface area contributed by atoms with Gasteiger partial charge in [-0.1, -0.05) is 11.6 Å². The number of ether oxygens (including phenoxy) is 1. The minimum absolute atomic E-state index is 0.0338. The van der Waals surface area contributed by atoms with E-state index in [4.69, 9.17) is 16.3 Å². The number of rotatable bonds is 6. The van der Waals surface area contributed by atoms with Crippen molar-refractivity contribution in [3.05, 3.63) is 61.6 Å². The van der Waals surface area contributed by atoms with Crippen LogP contribution in [-0.2, 0) is 4.79 Å². The number of nitro benzene ring substituents is 1. The fraction of sp³-hybridized carbons (Fsp3) is 0.0667. The van der Waals surface area contributed by atoms with E-state index in [1.54, 1.807) is 0 Å². The van der Waals surface area contributed by atoms with Gasteiger partial charge in [0.2, 0.25) is 0 Å². The summed E-state index contributed by atoms with van der Waals surface area (Å²) in [5, 5.41) is 24.4. The Morgan fingerprint density at radius 2 is 2.16 bits per heavy atom. The number of benzene rings is 2. The number of non-ortho nitro benzene ring substituents is 1. The summed E-state index contributed by atoms with van der Waals surface area (Å²) in [4.78, 5) is 21.8. The van der Waals surface area contributed by atoms with E-state index >= 15 is 0 Å². The van der Waals surface area contributed by atoms with Gasteiger partial charge in [0.1, 0.15) is 11.5 Å². The Morgan fingerprint density at radius 1 is 1.40 bits per heavy atom. The molecule has 25 heavy (non-hydrogen) atoms. The van der Waals surface area contributed by atoms with Crippen LogP contribution < -0.4 is 10.2 Å². The van der Waals surface area contributed by atoms with E-state index in [-0.39, 0.29) is 23.8 Å². The molecule has 0 saturated carbocycles. The standard InChI is InChI=1S/C15H11BrClN3O5/c16-12-6-11(20(23)24)2-4-14(12)25-8-15(22)19-18-7-9-5-10(17)1-3-13(9)21/h1-7,21H,8H2,(H,19,22)/b18-7+. The first kappa shape index (κ1) is 18.7. The van der Waals surface area contributed by atoms with Crippen LogP contribution in [0.5, 0.6) is 11.5 Å². The van der Waals surface area contributed by atoms with Crippen molar-refractivity contribution in [1.82, 2.24) is 5.43 Å². The maximum atomic E-state index is 11.7. The highest BCUT2D eigenvalue weighted by Crippen LogP contribution is 2.28. The second kappa shape index (κ2) is 8.45. The monoisotopic (exact) mass is 427 g/mol. The number of nitrogens with one attached hydrogen (secondary N) is 1. The van der Waals surface area contributed by atoms with E-state index < -0.39 is 10.8 Å². The van der Waals surface area contributed by atoms with Crippen LogP contribution in [0.2, 0.25) is 5.02 Å². The number of nitrogens with zero attached hydrogens (tertiary/aromatic N) is 2. The molecule has 0 saturated heterocycles. The molecule has 1 amide bonds. The van der Waals surface area contributed by atoms with Gasteiger partial charge < -0.3 is 9.84 Å². The van der Waals surface area contributed by atoms with Gasteiger partial charge in [0.05, 0.1) is 15.6 Å². The van der Waals surface area contributed by atoms with E-state index in [2.05, 4.69) is 26.5 Å². The predicted octanol–water partition coefficient (Wildman–Crippen LogP) is 3.25. The van der Waals surface area contributed by atoms with Gasteiger partial charge in [0.25, 0.3) is 11.6 Å². The van der Waals surface area contributed by atoms with Crippen LogP contribution in [0.15, 0.2) is 46.0 Å². The number of amides is 1. The number of hydrogen-bond donors (Lipinski definition) is 2. The molecule has 0 heterocycles. The highest BCUT2D eigenvalue weighted by Gasteiger charge is 2.11. The largest absolute Gasteiger partial charge is 0.507 e. The molecule has 0 aromatic heterocycles. The molecule has 0 radical (unpaired) electrons. The normalized spacial score (nSPS) is 10.6. The van der Waals surface area contributed by atoms with Crippen molar-refractivity contribution in [3.63, 3.8) is 0 Å². The Kier molecular flexibility index (Phi) is 6.31. The number of halogens is 2. The lowest BCUT2D eigenvalue weighted by atomic mass is 10.2. The zero-order valence-corrected chi connectivity index (χ0v) is 14.8. The molecule has 0 aliphatic carbocycles. The third kappa shape index (κ3) is 5.44. The van der Waals surface area contributed by atoms with Gasteiger partial charge in [-0.3, -0.25) is 14.9 Å². The summed E-state index contributed by atoms with van der Waals surface area (Å²) in [7, 11) is 0. The Bertz CT molecular complexity index is 844. The Labute approximate surface area is 155 Å². The zero-order chi connectivity index (χ0) is 18.4. The average Bonchev–Trinajstić information content (AvgIpc) is 2.56. The van der Waals surface area contributed by atoms with Crippen LogP contribution in [0.3, 0.4) is 0 Å². The average molecular weight is 429 g/mol. The van der Waals surface area contributed by atoms with Crippen molar-refractivity contribution < 1.29 is 19.6 Å². The van der Waals surface area contributed by atoms with Gasteiger partial charge in [-0.05, 0) is 40.2 Å². The van der Waals surface area contributed by atoms with Crippen molar-refractivity contribution in [2.24, 2.45) is 5.10 Å². The Balaban J connectivity index is 1.89. The lowest BCUT2D eigenvalue weighted by molar-refractivity contribution is -0.384. The number of aromatic hydroxyl groups is 1. The summed E-state index contributed by atoms with van der Waals surface area (Å²) in [6.07, 6.45) is 1.24. The third-order valence-corrected chi connectivity index (χ3v) is 3.72. The van der Waals surface area contributed by atoms with Crippen molar-refractivity contribution in [2.45, 2.75) is 0 Å². The molecular weight excluding hydrogens is 418 g/mol. The van der Waals surface area contributed by atoms with Crippen LogP contribution in [0, 0.1) is 10.1 Å².